The van der Waals surface area contributed by atoms with Crippen molar-refractivity contribution in [3.63, 3.8) is 0 Å². The molecule has 0 aliphatic carbocycles. The Labute approximate surface area is 99.4 Å². The lowest BCUT2D eigenvalue weighted by molar-refractivity contribution is -0.121. The van der Waals surface area contributed by atoms with Crippen LogP contribution in [0.5, 0.6) is 0 Å². The van der Waals surface area contributed by atoms with Gasteiger partial charge in [-0.15, -0.1) is 0 Å². The standard InChI is InChI=1S/C13H14O4/c1-2-4-8(5-3-1)6-14-10-9-7-15-13(16-9)12-11(10)17-12/h1-5,9-13H,6-7H2/t9-,10-,11-,12-,13-/m1/s1. The van der Waals surface area contributed by atoms with E-state index in [1.165, 1.54) is 5.56 Å². The maximum Gasteiger partial charge on any atom is 0.187 e. The van der Waals surface area contributed by atoms with E-state index >= 15 is 0 Å². The normalized spacial score (nSPS) is 42.2. The third-order valence-electron chi connectivity index (χ3n) is 3.54. The molecule has 3 saturated heterocycles. The minimum atomic E-state index is -0.151. The molecule has 1 aromatic rings. The van der Waals surface area contributed by atoms with E-state index in [1.54, 1.807) is 0 Å². The average Bonchev–Trinajstić information content (AvgIpc) is 3.05. The van der Waals surface area contributed by atoms with Crippen LogP contribution in [0.25, 0.3) is 0 Å². The summed E-state index contributed by atoms with van der Waals surface area (Å²) in [5, 5.41) is 0. The smallest absolute Gasteiger partial charge is 0.187 e. The summed E-state index contributed by atoms with van der Waals surface area (Å²) in [5.74, 6) is 0. The molecule has 17 heavy (non-hydrogen) atoms. The predicted molar refractivity (Wildman–Crippen MR) is 58.3 cm³/mol. The summed E-state index contributed by atoms with van der Waals surface area (Å²) in [5.41, 5.74) is 1.17. The third kappa shape index (κ3) is 1.68. The molecule has 0 N–H and O–H groups in total. The maximum atomic E-state index is 5.92. The first-order valence-electron chi connectivity index (χ1n) is 6.00. The zero-order valence-corrected chi connectivity index (χ0v) is 9.32. The van der Waals surface area contributed by atoms with E-state index in [2.05, 4.69) is 12.1 Å². The van der Waals surface area contributed by atoms with E-state index in [9.17, 15) is 0 Å². The van der Waals surface area contributed by atoms with Crippen molar-refractivity contribution < 1.29 is 18.9 Å². The van der Waals surface area contributed by atoms with Crippen LogP contribution in [0.2, 0.25) is 0 Å². The van der Waals surface area contributed by atoms with Gasteiger partial charge in [0.1, 0.15) is 24.4 Å². The van der Waals surface area contributed by atoms with Crippen LogP contribution < -0.4 is 0 Å². The Hall–Kier alpha value is -0.940. The Balaban J connectivity index is 1.43. The Morgan fingerprint density at radius 3 is 2.88 bits per heavy atom. The molecule has 0 saturated carbocycles. The summed E-state index contributed by atoms with van der Waals surface area (Å²) in [7, 11) is 0. The summed E-state index contributed by atoms with van der Waals surface area (Å²) in [6, 6.07) is 10.1. The van der Waals surface area contributed by atoms with Gasteiger partial charge < -0.3 is 18.9 Å². The van der Waals surface area contributed by atoms with E-state index in [0.29, 0.717) is 13.2 Å². The summed E-state index contributed by atoms with van der Waals surface area (Å²) in [6.45, 7) is 1.23. The molecule has 5 atom stereocenters. The zero-order valence-electron chi connectivity index (χ0n) is 9.32. The lowest BCUT2D eigenvalue weighted by Gasteiger charge is -2.24. The molecule has 0 radical (unpaired) electrons. The van der Waals surface area contributed by atoms with E-state index < -0.39 is 0 Å². The molecule has 0 amide bonds. The van der Waals surface area contributed by atoms with Crippen LogP contribution in [0.15, 0.2) is 30.3 Å². The van der Waals surface area contributed by atoms with Crippen molar-refractivity contribution in [2.75, 3.05) is 6.61 Å². The molecule has 3 fully saturated rings. The molecule has 4 heteroatoms. The van der Waals surface area contributed by atoms with Crippen LogP contribution in [0, 0.1) is 0 Å². The van der Waals surface area contributed by atoms with Crippen molar-refractivity contribution in [3.05, 3.63) is 35.9 Å². The van der Waals surface area contributed by atoms with Gasteiger partial charge in [0.05, 0.1) is 13.2 Å². The number of hydrogen-bond donors (Lipinski definition) is 0. The lowest BCUT2D eigenvalue weighted by atomic mass is 10.1. The molecule has 3 aliphatic rings. The van der Waals surface area contributed by atoms with E-state index in [-0.39, 0.29) is 30.7 Å². The molecular weight excluding hydrogens is 220 g/mol. The SMILES string of the molecule is c1ccc(CO[C@H]2[C@H]3O[C@H]3[C@@H]3OC[C@H]2O3)cc1. The number of benzene rings is 1. The van der Waals surface area contributed by atoms with Crippen molar-refractivity contribution in [1.82, 2.24) is 0 Å². The van der Waals surface area contributed by atoms with Crippen molar-refractivity contribution in [2.45, 2.75) is 37.3 Å². The van der Waals surface area contributed by atoms with Gasteiger partial charge in [-0.2, -0.15) is 0 Å². The first kappa shape index (κ1) is 10.0. The third-order valence-corrected chi connectivity index (χ3v) is 3.54. The van der Waals surface area contributed by atoms with Gasteiger partial charge in [0.2, 0.25) is 0 Å². The number of fused-ring (bicyclic) bond motifs is 4. The fourth-order valence-corrected chi connectivity index (χ4v) is 2.58. The Morgan fingerprint density at radius 2 is 2.00 bits per heavy atom. The summed E-state index contributed by atoms with van der Waals surface area (Å²) in [4.78, 5) is 0. The van der Waals surface area contributed by atoms with Crippen LogP contribution in [-0.2, 0) is 25.6 Å². The molecule has 0 aromatic heterocycles. The van der Waals surface area contributed by atoms with Crippen LogP contribution in [-0.4, -0.2) is 37.3 Å². The number of epoxide rings is 1. The summed E-state index contributed by atoms with van der Waals surface area (Å²) < 4.78 is 22.6. The zero-order chi connectivity index (χ0) is 11.2. The first-order chi connectivity index (χ1) is 8.42. The molecule has 1 aromatic carbocycles. The fourth-order valence-electron chi connectivity index (χ4n) is 2.58. The summed E-state index contributed by atoms with van der Waals surface area (Å²) in [6.07, 6.45) is 0.160. The number of rotatable bonds is 3. The van der Waals surface area contributed by atoms with Gasteiger partial charge in [-0.25, -0.2) is 0 Å². The second kappa shape index (κ2) is 3.78. The van der Waals surface area contributed by atoms with Crippen LogP contribution in [0.1, 0.15) is 5.56 Å². The first-order valence-corrected chi connectivity index (χ1v) is 6.00. The van der Waals surface area contributed by atoms with Gasteiger partial charge in [-0.3, -0.25) is 0 Å². The van der Waals surface area contributed by atoms with Crippen molar-refractivity contribution in [2.24, 2.45) is 0 Å². The van der Waals surface area contributed by atoms with Crippen LogP contribution in [0.3, 0.4) is 0 Å². The van der Waals surface area contributed by atoms with E-state index in [4.69, 9.17) is 18.9 Å². The Morgan fingerprint density at radius 1 is 1.12 bits per heavy atom. The Kier molecular flexibility index (Phi) is 2.23. The van der Waals surface area contributed by atoms with Gasteiger partial charge in [0, 0.05) is 0 Å². The highest BCUT2D eigenvalue weighted by Gasteiger charge is 2.62. The van der Waals surface area contributed by atoms with Gasteiger partial charge in [0.25, 0.3) is 0 Å². The summed E-state index contributed by atoms with van der Waals surface area (Å²) >= 11 is 0. The minimum Gasteiger partial charge on any atom is -0.368 e. The van der Waals surface area contributed by atoms with Crippen molar-refractivity contribution in [1.29, 1.82) is 0 Å². The van der Waals surface area contributed by atoms with Gasteiger partial charge in [-0.05, 0) is 5.56 Å². The molecule has 3 heterocycles. The van der Waals surface area contributed by atoms with E-state index in [1.807, 2.05) is 18.2 Å². The van der Waals surface area contributed by atoms with Gasteiger partial charge >= 0.3 is 0 Å². The van der Waals surface area contributed by atoms with Gasteiger partial charge in [-0.1, -0.05) is 30.3 Å². The van der Waals surface area contributed by atoms with Crippen molar-refractivity contribution in [3.8, 4) is 0 Å². The molecular formula is C13H14O4. The van der Waals surface area contributed by atoms with Crippen LogP contribution in [0.4, 0.5) is 0 Å². The molecule has 0 spiro atoms. The quantitative estimate of drug-likeness (QED) is 0.734. The Bertz CT molecular complexity index is 407. The second-order valence-corrected chi connectivity index (χ2v) is 4.70. The molecule has 0 unspecified atom stereocenters. The molecule has 90 valence electrons. The lowest BCUT2D eigenvalue weighted by Crippen LogP contribution is -2.41. The minimum absolute atomic E-state index is 0.0129. The maximum absolute atomic E-state index is 5.92. The topological polar surface area (TPSA) is 40.2 Å². The monoisotopic (exact) mass is 234 g/mol. The number of ether oxygens (including phenoxy) is 4. The largest absolute Gasteiger partial charge is 0.368 e. The molecule has 2 bridgehead atoms. The van der Waals surface area contributed by atoms with E-state index in [0.717, 1.165) is 0 Å². The molecule has 3 aliphatic heterocycles. The predicted octanol–water partition coefficient (Wildman–Crippen LogP) is 1.09. The average molecular weight is 234 g/mol. The van der Waals surface area contributed by atoms with Crippen molar-refractivity contribution >= 4 is 0 Å². The molecule has 4 nitrogen and oxygen atoms in total. The molecule has 4 rings (SSSR count). The fraction of sp³-hybridized carbons (Fsp3) is 0.538. The highest BCUT2D eigenvalue weighted by Crippen LogP contribution is 2.43. The van der Waals surface area contributed by atoms with Crippen LogP contribution >= 0.6 is 0 Å². The second-order valence-electron chi connectivity index (χ2n) is 4.70. The highest BCUT2D eigenvalue weighted by molar-refractivity contribution is 5.14. The number of hydrogen-bond acceptors (Lipinski definition) is 4. The van der Waals surface area contributed by atoms with Gasteiger partial charge in [0.15, 0.2) is 6.29 Å². The highest BCUT2D eigenvalue weighted by atomic mass is 16.8.